The number of hydrogen-bond donors (Lipinski definition) is 1. The van der Waals surface area contributed by atoms with E-state index in [2.05, 4.69) is 15.1 Å². The van der Waals surface area contributed by atoms with Crippen molar-refractivity contribution < 1.29 is 14.3 Å². The highest BCUT2D eigenvalue weighted by atomic mass is 16.5. The van der Waals surface area contributed by atoms with Gasteiger partial charge in [0.05, 0.1) is 13.2 Å². The van der Waals surface area contributed by atoms with Crippen LogP contribution in [0, 0.1) is 0 Å². The van der Waals surface area contributed by atoms with Gasteiger partial charge in [0.1, 0.15) is 11.5 Å². The van der Waals surface area contributed by atoms with Gasteiger partial charge in [-0.3, -0.25) is 4.79 Å². The summed E-state index contributed by atoms with van der Waals surface area (Å²) in [5.74, 6) is 1.39. The lowest BCUT2D eigenvalue weighted by molar-refractivity contribution is 0.0638. The number of nitrogens with one attached hydrogen (secondary N) is 1. The summed E-state index contributed by atoms with van der Waals surface area (Å²) in [4.78, 5) is 17.6. The highest BCUT2D eigenvalue weighted by Crippen LogP contribution is 2.22. The number of hydrogen-bond acceptors (Lipinski definition) is 5. The van der Waals surface area contributed by atoms with Gasteiger partial charge in [0.15, 0.2) is 0 Å². The zero-order valence-electron chi connectivity index (χ0n) is 19.6. The number of carbonyl (C=O) groups is 1. The minimum atomic E-state index is -0.0929. The fourth-order valence-corrected chi connectivity index (χ4v) is 4.73. The lowest BCUT2D eigenvalue weighted by atomic mass is 10.00. The van der Waals surface area contributed by atoms with Gasteiger partial charge in [-0.1, -0.05) is 24.6 Å². The smallest absolute Gasteiger partial charge is 0.251 e. The molecule has 0 spiro atoms. The molecule has 0 atom stereocenters. The number of piperidine rings is 2. The molecule has 0 unspecified atom stereocenters. The van der Waals surface area contributed by atoms with Crippen LogP contribution in [0.3, 0.4) is 0 Å². The Labute approximate surface area is 197 Å². The van der Waals surface area contributed by atoms with Crippen LogP contribution in [0.4, 0.5) is 0 Å². The van der Waals surface area contributed by atoms with Gasteiger partial charge in [-0.15, -0.1) is 0 Å². The molecule has 1 N–H and O–H groups in total. The molecule has 2 aliphatic heterocycles. The Kier molecular flexibility index (Phi) is 9.16. The average molecular weight is 452 g/mol. The van der Waals surface area contributed by atoms with Gasteiger partial charge in [0, 0.05) is 24.7 Å². The SMILES string of the molecule is O=C(NCCOCCN1CCC(N2CCCCC2)CC1)c1ccc(Oc2ccccc2)cc1. The van der Waals surface area contributed by atoms with Crippen molar-refractivity contribution in [3.8, 4) is 11.5 Å². The maximum absolute atomic E-state index is 12.3. The van der Waals surface area contributed by atoms with Crippen molar-refractivity contribution in [3.05, 3.63) is 60.2 Å². The molecule has 2 fully saturated rings. The van der Waals surface area contributed by atoms with Gasteiger partial charge in [0.25, 0.3) is 5.91 Å². The summed E-state index contributed by atoms with van der Waals surface area (Å²) in [5.41, 5.74) is 0.618. The largest absolute Gasteiger partial charge is 0.457 e. The molecule has 1 amide bonds. The normalized spacial score (nSPS) is 18.2. The first-order valence-electron chi connectivity index (χ1n) is 12.4. The van der Waals surface area contributed by atoms with E-state index >= 15 is 0 Å². The van der Waals surface area contributed by atoms with Crippen LogP contribution in [0.1, 0.15) is 42.5 Å². The van der Waals surface area contributed by atoms with E-state index in [0.717, 1.165) is 24.9 Å². The van der Waals surface area contributed by atoms with Crippen molar-refractivity contribution in [2.75, 3.05) is 52.5 Å². The van der Waals surface area contributed by atoms with Crippen LogP contribution in [0.2, 0.25) is 0 Å². The molecule has 2 aromatic rings. The molecule has 33 heavy (non-hydrogen) atoms. The molecular formula is C27H37N3O3. The summed E-state index contributed by atoms with van der Waals surface area (Å²) in [6.45, 7) is 7.68. The molecule has 6 heteroatoms. The molecule has 0 aromatic heterocycles. The van der Waals surface area contributed by atoms with Gasteiger partial charge in [0.2, 0.25) is 0 Å². The number of benzene rings is 2. The van der Waals surface area contributed by atoms with Crippen molar-refractivity contribution in [3.63, 3.8) is 0 Å². The summed E-state index contributed by atoms with van der Waals surface area (Å²) in [5, 5.41) is 2.92. The molecule has 0 bridgehead atoms. The van der Waals surface area contributed by atoms with Crippen LogP contribution in [0.15, 0.2) is 54.6 Å². The first-order valence-corrected chi connectivity index (χ1v) is 12.4. The Morgan fingerprint density at radius 1 is 0.848 bits per heavy atom. The minimum absolute atomic E-state index is 0.0929. The van der Waals surface area contributed by atoms with Gasteiger partial charge in [-0.25, -0.2) is 0 Å². The second-order valence-corrected chi connectivity index (χ2v) is 8.98. The summed E-state index contributed by atoms with van der Waals surface area (Å²) in [6.07, 6.45) is 6.72. The van der Waals surface area contributed by atoms with Crippen LogP contribution in [-0.2, 0) is 4.74 Å². The van der Waals surface area contributed by atoms with Crippen LogP contribution in [0.5, 0.6) is 11.5 Å². The third kappa shape index (κ3) is 7.56. The maximum Gasteiger partial charge on any atom is 0.251 e. The third-order valence-electron chi connectivity index (χ3n) is 6.64. The number of ether oxygens (including phenoxy) is 2. The number of nitrogens with zero attached hydrogens (tertiary/aromatic N) is 2. The fourth-order valence-electron chi connectivity index (χ4n) is 4.73. The Balaban J connectivity index is 1.06. The van der Waals surface area contributed by atoms with E-state index in [9.17, 15) is 4.79 Å². The summed E-state index contributed by atoms with van der Waals surface area (Å²) in [6, 6.07) is 17.6. The zero-order valence-corrected chi connectivity index (χ0v) is 19.6. The predicted molar refractivity (Wildman–Crippen MR) is 131 cm³/mol. The van der Waals surface area contributed by atoms with Crippen LogP contribution in [0.25, 0.3) is 0 Å². The third-order valence-corrected chi connectivity index (χ3v) is 6.64. The topological polar surface area (TPSA) is 54.0 Å². The molecule has 2 heterocycles. The summed E-state index contributed by atoms with van der Waals surface area (Å²) < 4.78 is 11.5. The van der Waals surface area contributed by atoms with E-state index < -0.39 is 0 Å². The van der Waals surface area contributed by atoms with E-state index in [1.807, 2.05) is 42.5 Å². The molecule has 0 saturated carbocycles. The van der Waals surface area contributed by atoms with Crippen molar-refractivity contribution >= 4 is 5.91 Å². The standard InChI is InChI=1S/C27H37N3O3/c31-27(23-9-11-26(12-10-23)33-25-7-3-1-4-8-25)28-15-21-32-22-20-29-18-13-24(14-19-29)30-16-5-2-6-17-30/h1,3-4,7-12,24H,2,5-6,13-22H2,(H,28,31). The van der Waals surface area contributed by atoms with Gasteiger partial charge < -0.3 is 24.6 Å². The van der Waals surface area contributed by atoms with Crippen LogP contribution >= 0.6 is 0 Å². The van der Waals surface area contributed by atoms with Gasteiger partial charge in [-0.2, -0.15) is 0 Å². The minimum Gasteiger partial charge on any atom is -0.457 e. The number of para-hydroxylation sites is 1. The monoisotopic (exact) mass is 451 g/mol. The number of carbonyl (C=O) groups excluding carboxylic acids is 1. The lowest BCUT2D eigenvalue weighted by Crippen LogP contribution is -2.47. The van der Waals surface area contributed by atoms with Gasteiger partial charge in [-0.05, 0) is 88.3 Å². The Bertz CT molecular complexity index is 829. The lowest BCUT2D eigenvalue weighted by Gasteiger charge is -2.40. The summed E-state index contributed by atoms with van der Waals surface area (Å²) >= 11 is 0. The van der Waals surface area contributed by atoms with E-state index in [4.69, 9.17) is 9.47 Å². The molecule has 2 aliphatic rings. The van der Waals surface area contributed by atoms with Crippen molar-refractivity contribution in [2.45, 2.75) is 38.1 Å². The molecule has 2 saturated heterocycles. The highest BCUT2D eigenvalue weighted by molar-refractivity contribution is 5.94. The Hall–Kier alpha value is -2.41. The van der Waals surface area contributed by atoms with Crippen molar-refractivity contribution in [2.24, 2.45) is 0 Å². The van der Waals surface area contributed by atoms with E-state index in [1.165, 1.54) is 58.3 Å². The van der Waals surface area contributed by atoms with Crippen molar-refractivity contribution in [1.29, 1.82) is 0 Å². The molecule has 4 rings (SSSR count). The molecule has 178 valence electrons. The van der Waals surface area contributed by atoms with E-state index in [0.29, 0.717) is 24.5 Å². The molecular weight excluding hydrogens is 414 g/mol. The quantitative estimate of drug-likeness (QED) is 0.550. The average Bonchev–Trinajstić information content (AvgIpc) is 2.88. The predicted octanol–water partition coefficient (Wildman–Crippen LogP) is 4.18. The number of amides is 1. The zero-order chi connectivity index (χ0) is 22.7. The van der Waals surface area contributed by atoms with Crippen LogP contribution in [-0.4, -0.2) is 74.2 Å². The Morgan fingerprint density at radius 2 is 1.55 bits per heavy atom. The molecule has 2 aromatic carbocycles. The molecule has 6 nitrogen and oxygen atoms in total. The molecule has 0 aliphatic carbocycles. The summed E-state index contributed by atoms with van der Waals surface area (Å²) in [7, 11) is 0. The number of rotatable bonds is 10. The van der Waals surface area contributed by atoms with Crippen molar-refractivity contribution in [1.82, 2.24) is 15.1 Å². The fraction of sp³-hybridized carbons (Fsp3) is 0.519. The van der Waals surface area contributed by atoms with Crippen LogP contribution < -0.4 is 10.1 Å². The first kappa shape index (κ1) is 23.7. The second kappa shape index (κ2) is 12.7. The second-order valence-electron chi connectivity index (χ2n) is 8.98. The Morgan fingerprint density at radius 3 is 2.27 bits per heavy atom. The first-order chi connectivity index (χ1) is 16.3. The van der Waals surface area contributed by atoms with E-state index in [-0.39, 0.29) is 5.91 Å². The van der Waals surface area contributed by atoms with Gasteiger partial charge >= 0.3 is 0 Å². The molecule has 0 radical (unpaired) electrons. The number of likely N-dealkylation sites (tertiary alicyclic amines) is 2. The maximum atomic E-state index is 12.3. The van der Waals surface area contributed by atoms with E-state index in [1.54, 1.807) is 12.1 Å². The highest BCUT2D eigenvalue weighted by Gasteiger charge is 2.25.